The van der Waals surface area contributed by atoms with Crippen LogP contribution in [0.15, 0.2) is 65.1 Å². The van der Waals surface area contributed by atoms with Gasteiger partial charge in [0.1, 0.15) is 25.2 Å². The minimum Gasteiger partial charge on any atom is -0.541 e. The van der Waals surface area contributed by atoms with E-state index in [1.165, 1.54) is 0 Å². The molecular weight excluding hydrogens is 352 g/mol. The average molecular weight is 366 g/mol. The molecule has 138 valence electrons. The van der Waals surface area contributed by atoms with E-state index in [2.05, 4.69) is 0 Å². The zero-order chi connectivity index (χ0) is 19.2. The second-order valence-corrected chi connectivity index (χ2v) is 5.54. The molecule has 0 aliphatic heterocycles. The molecular formula is C20H14O7-2. The monoisotopic (exact) mass is 366 g/mol. The Morgan fingerprint density at radius 3 is 1.41 bits per heavy atom. The van der Waals surface area contributed by atoms with E-state index >= 15 is 0 Å². The number of carboxylic acid groups (broad SMARTS) is 2. The molecule has 1 heterocycles. The van der Waals surface area contributed by atoms with Gasteiger partial charge in [0.05, 0.1) is 0 Å². The van der Waals surface area contributed by atoms with Crippen LogP contribution in [0.1, 0.15) is 32.2 Å². The maximum Gasteiger partial charge on any atom is 0.210 e. The molecule has 2 aromatic carbocycles. The lowest BCUT2D eigenvalue weighted by molar-refractivity contribution is -0.258. The van der Waals surface area contributed by atoms with Crippen LogP contribution in [0.3, 0.4) is 0 Å². The number of rotatable bonds is 8. The van der Waals surface area contributed by atoms with E-state index in [9.17, 15) is 19.8 Å². The third kappa shape index (κ3) is 4.27. The molecule has 3 rings (SSSR count). The van der Waals surface area contributed by atoms with E-state index in [1.54, 1.807) is 48.5 Å². The van der Waals surface area contributed by atoms with Crippen molar-refractivity contribution in [3.8, 4) is 11.5 Å². The van der Waals surface area contributed by atoms with Gasteiger partial charge in [-0.2, -0.15) is 0 Å². The highest BCUT2D eigenvalue weighted by Crippen LogP contribution is 2.39. The largest absolute Gasteiger partial charge is 0.541 e. The molecule has 7 nitrogen and oxygen atoms in total. The van der Waals surface area contributed by atoms with Crippen molar-refractivity contribution in [1.82, 2.24) is 0 Å². The average Bonchev–Trinajstić information content (AvgIpc) is 3.05. The predicted molar refractivity (Wildman–Crippen MR) is 88.9 cm³/mol. The molecule has 0 saturated carbocycles. The second-order valence-electron chi connectivity index (χ2n) is 5.54. The molecule has 0 saturated heterocycles. The van der Waals surface area contributed by atoms with Gasteiger partial charge in [-0.1, -0.05) is 60.7 Å². The van der Waals surface area contributed by atoms with Crippen LogP contribution in [0.25, 0.3) is 0 Å². The van der Waals surface area contributed by atoms with Crippen molar-refractivity contribution < 1.29 is 33.7 Å². The first-order valence-electron chi connectivity index (χ1n) is 7.99. The van der Waals surface area contributed by atoms with Gasteiger partial charge in [-0.15, -0.1) is 0 Å². The van der Waals surface area contributed by atoms with Crippen molar-refractivity contribution in [3.63, 3.8) is 0 Å². The summed E-state index contributed by atoms with van der Waals surface area (Å²) in [6.45, 7) is -0.0380. The summed E-state index contributed by atoms with van der Waals surface area (Å²) in [5.41, 5.74) is 1.49. The maximum atomic E-state index is 11.3. The Labute approximate surface area is 154 Å². The van der Waals surface area contributed by atoms with E-state index in [0.29, 0.717) is 0 Å². The highest BCUT2D eigenvalue weighted by molar-refractivity contribution is 5.94. The van der Waals surface area contributed by atoms with Crippen molar-refractivity contribution >= 4 is 11.9 Å². The van der Waals surface area contributed by atoms with Crippen LogP contribution in [0.5, 0.6) is 11.5 Å². The third-order valence-corrected chi connectivity index (χ3v) is 3.65. The lowest BCUT2D eigenvalue weighted by Gasteiger charge is -2.11. The second kappa shape index (κ2) is 8.09. The van der Waals surface area contributed by atoms with Gasteiger partial charge in [0.2, 0.25) is 11.5 Å². The fraction of sp³-hybridized carbons (Fsp3) is 0.100. The summed E-state index contributed by atoms with van der Waals surface area (Å²) in [5.74, 6) is -5.70. The number of carboxylic acids is 2. The Morgan fingerprint density at radius 1 is 0.704 bits per heavy atom. The summed E-state index contributed by atoms with van der Waals surface area (Å²) in [5, 5.41) is 22.7. The molecule has 1 aromatic heterocycles. The van der Waals surface area contributed by atoms with Crippen molar-refractivity contribution in [2.24, 2.45) is 0 Å². The van der Waals surface area contributed by atoms with Crippen LogP contribution >= 0.6 is 0 Å². The normalized spacial score (nSPS) is 10.4. The van der Waals surface area contributed by atoms with Crippen molar-refractivity contribution in [2.75, 3.05) is 0 Å². The highest BCUT2D eigenvalue weighted by atomic mass is 16.5. The predicted octanol–water partition coefficient (Wildman–Crippen LogP) is 1.16. The van der Waals surface area contributed by atoms with Crippen LogP contribution in [-0.2, 0) is 13.2 Å². The molecule has 27 heavy (non-hydrogen) atoms. The van der Waals surface area contributed by atoms with Gasteiger partial charge in [0.15, 0.2) is 11.5 Å². The van der Waals surface area contributed by atoms with Crippen LogP contribution in [0, 0.1) is 0 Å². The van der Waals surface area contributed by atoms with Gasteiger partial charge in [-0.3, -0.25) is 0 Å². The summed E-state index contributed by atoms with van der Waals surface area (Å²) in [4.78, 5) is 22.7. The minimum absolute atomic E-state index is 0.0190. The topological polar surface area (TPSA) is 112 Å². The van der Waals surface area contributed by atoms with Crippen LogP contribution in [0.2, 0.25) is 0 Å². The van der Waals surface area contributed by atoms with Crippen LogP contribution in [-0.4, -0.2) is 11.9 Å². The van der Waals surface area contributed by atoms with Gasteiger partial charge >= 0.3 is 0 Å². The molecule has 3 aromatic rings. The Bertz CT molecular complexity index is 854. The molecule has 0 aliphatic rings. The van der Waals surface area contributed by atoms with Crippen LogP contribution in [0.4, 0.5) is 0 Å². The molecule has 0 N–H and O–H groups in total. The number of hydrogen-bond donors (Lipinski definition) is 0. The van der Waals surface area contributed by atoms with E-state index < -0.39 is 23.5 Å². The number of carbonyl (C=O) groups is 2. The molecule has 0 fully saturated rings. The lowest BCUT2D eigenvalue weighted by atomic mass is 10.2. The molecule has 0 aliphatic carbocycles. The van der Waals surface area contributed by atoms with Gasteiger partial charge < -0.3 is 33.7 Å². The Hall–Kier alpha value is -3.74. The number of ether oxygens (including phenoxy) is 2. The minimum atomic E-state index is -1.73. The molecule has 0 amide bonds. The fourth-order valence-electron chi connectivity index (χ4n) is 2.39. The van der Waals surface area contributed by atoms with E-state index in [1.807, 2.05) is 12.1 Å². The lowest BCUT2D eigenvalue weighted by Crippen LogP contribution is -2.23. The van der Waals surface area contributed by atoms with Gasteiger partial charge in [-0.05, 0) is 11.1 Å². The highest BCUT2D eigenvalue weighted by Gasteiger charge is 2.25. The SMILES string of the molecule is O=C([O-])c1oc(C(=O)[O-])c(OCc2ccccc2)c1OCc1ccccc1. The van der Waals surface area contributed by atoms with E-state index in [-0.39, 0.29) is 24.7 Å². The summed E-state index contributed by atoms with van der Waals surface area (Å²) in [6, 6.07) is 17.8. The Morgan fingerprint density at radius 2 is 1.07 bits per heavy atom. The molecule has 0 atom stereocenters. The molecule has 7 heteroatoms. The molecule has 0 radical (unpaired) electrons. The fourth-order valence-corrected chi connectivity index (χ4v) is 2.39. The van der Waals surface area contributed by atoms with Crippen LogP contribution < -0.4 is 19.7 Å². The zero-order valence-corrected chi connectivity index (χ0v) is 14.0. The smallest absolute Gasteiger partial charge is 0.210 e. The van der Waals surface area contributed by atoms with Gasteiger partial charge in [0, 0.05) is 0 Å². The number of furan rings is 1. The molecule has 0 bridgehead atoms. The summed E-state index contributed by atoms with van der Waals surface area (Å²) < 4.78 is 15.9. The Balaban J connectivity index is 1.92. The first-order valence-corrected chi connectivity index (χ1v) is 7.99. The number of benzene rings is 2. The van der Waals surface area contributed by atoms with Crippen molar-refractivity contribution in [1.29, 1.82) is 0 Å². The number of hydrogen-bond acceptors (Lipinski definition) is 7. The number of carbonyl (C=O) groups excluding carboxylic acids is 2. The summed E-state index contributed by atoms with van der Waals surface area (Å²) in [7, 11) is 0. The maximum absolute atomic E-state index is 11.3. The van der Waals surface area contributed by atoms with Gasteiger partial charge in [-0.25, -0.2) is 0 Å². The molecule has 0 spiro atoms. The quantitative estimate of drug-likeness (QED) is 0.588. The first kappa shape index (κ1) is 18.1. The van der Waals surface area contributed by atoms with E-state index in [0.717, 1.165) is 11.1 Å². The van der Waals surface area contributed by atoms with E-state index in [4.69, 9.17) is 13.9 Å². The van der Waals surface area contributed by atoms with Gasteiger partial charge in [0.25, 0.3) is 0 Å². The standard InChI is InChI=1S/C20H16O7/c21-19(22)17-15(25-11-13-7-3-1-4-8-13)16(18(27-17)20(23)24)26-12-14-9-5-2-6-10-14/h1-10H,11-12H2,(H,21,22)(H,23,24)/p-2. The third-order valence-electron chi connectivity index (χ3n) is 3.65. The summed E-state index contributed by atoms with van der Waals surface area (Å²) >= 11 is 0. The zero-order valence-electron chi connectivity index (χ0n) is 14.0. The number of aromatic carboxylic acids is 2. The van der Waals surface area contributed by atoms with Crippen molar-refractivity contribution in [3.05, 3.63) is 83.3 Å². The molecule has 0 unspecified atom stereocenters. The first-order chi connectivity index (χ1) is 13.1. The van der Waals surface area contributed by atoms with Crippen molar-refractivity contribution in [2.45, 2.75) is 13.2 Å². The Kier molecular flexibility index (Phi) is 5.41. The summed E-state index contributed by atoms with van der Waals surface area (Å²) in [6.07, 6.45) is 0.